The maximum absolute atomic E-state index is 13.2. The Kier molecular flexibility index (Phi) is 6.31. The lowest BCUT2D eigenvalue weighted by Crippen LogP contribution is -2.24. The molecule has 9 heteroatoms. The number of thioether (sulfide) groups is 1. The van der Waals surface area contributed by atoms with Crippen LogP contribution in [0.5, 0.6) is 0 Å². The molecule has 8 nitrogen and oxygen atoms in total. The Morgan fingerprint density at radius 3 is 2.76 bits per heavy atom. The molecule has 0 spiro atoms. The molecule has 0 radical (unpaired) electrons. The van der Waals surface area contributed by atoms with Gasteiger partial charge in [-0.05, 0) is 58.2 Å². The summed E-state index contributed by atoms with van der Waals surface area (Å²) in [6, 6.07) is 10.0. The minimum atomic E-state index is -0.0906. The van der Waals surface area contributed by atoms with Gasteiger partial charge in [-0.3, -0.25) is 18.6 Å². The predicted molar refractivity (Wildman–Crippen MR) is 133 cm³/mol. The summed E-state index contributed by atoms with van der Waals surface area (Å²) in [5, 5.41) is 9.92. The minimum Gasteiger partial charge on any atom is -0.382 e. The van der Waals surface area contributed by atoms with Crippen molar-refractivity contribution in [2.24, 2.45) is 0 Å². The van der Waals surface area contributed by atoms with Crippen LogP contribution in [0.25, 0.3) is 16.7 Å². The molecule has 0 saturated heterocycles. The lowest BCUT2D eigenvalue weighted by atomic mass is 10.2. The van der Waals surface area contributed by atoms with E-state index < -0.39 is 0 Å². The minimum absolute atomic E-state index is 0.0797. The molecular weight excluding hydrogens is 450 g/mol. The van der Waals surface area contributed by atoms with Gasteiger partial charge in [-0.1, -0.05) is 23.9 Å². The van der Waals surface area contributed by atoms with Crippen LogP contribution in [0.2, 0.25) is 0 Å². The molecule has 0 N–H and O–H groups in total. The summed E-state index contributed by atoms with van der Waals surface area (Å²) in [7, 11) is 0. The fourth-order valence-corrected chi connectivity index (χ4v) is 5.48. The number of nitrogens with zero attached hydrogens (tertiary/aromatic N) is 5. The molecule has 34 heavy (non-hydrogen) atoms. The number of hydrogen-bond donors (Lipinski definition) is 0. The largest absolute Gasteiger partial charge is 0.382 e. The van der Waals surface area contributed by atoms with Crippen LogP contribution in [-0.2, 0) is 11.3 Å². The van der Waals surface area contributed by atoms with Crippen LogP contribution < -0.4 is 5.56 Å². The quantitative estimate of drug-likeness (QED) is 0.193. The first-order valence-corrected chi connectivity index (χ1v) is 12.8. The smallest absolute Gasteiger partial charge is 0.262 e. The number of hydrogen-bond acceptors (Lipinski definition) is 6. The third-order valence-electron chi connectivity index (χ3n) is 6.38. The third kappa shape index (κ3) is 4.07. The third-order valence-corrected chi connectivity index (χ3v) is 7.31. The van der Waals surface area contributed by atoms with Crippen molar-refractivity contribution in [3.63, 3.8) is 0 Å². The summed E-state index contributed by atoms with van der Waals surface area (Å²) < 4.78 is 11.3. The Labute approximate surface area is 201 Å². The molecule has 3 aromatic heterocycles. The van der Waals surface area contributed by atoms with E-state index in [1.165, 1.54) is 24.6 Å². The van der Waals surface area contributed by atoms with Gasteiger partial charge < -0.3 is 9.30 Å². The summed E-state index contributed by atoms with van der Waals surface area (Å²) in [5.41, 5.74) is 3.62. The molecule has 0 atom stereocenters. The van der Waals surface area contributed by atoms with Gasteiger partial charge in [0.25, 0.3) is 5.56 Å². The number of carbonyl (C=O) groups is 1. The average molecular weight is 480 g/mol. The molecule has 0 bridgehead atoms. The topological polar surface area (TPSA) is 83.4 Å². The average Bonchev–Trinajstić information content (AvgIpc) is 3.50. The van der Waals surface area contributed by atoms with Crippen molar-refractivity contribution in [1.29, 1.82) is 0 Å². The van der Waals surface area contributed by atoms with E-state index in [0.717, 1.165) is 22.5 Å². The lowest BCUT2D eigenvalue weighted by Gasteiger charge is -2.11. The highest BCUT2D eigenvalue weighted by Crippen LogP contribution is 2.38. The molecule has 178 valence electrons. The van der Waals surface area contributed by atoms with Gasteiger partial charge >= 0.3 is 0 Å². The highest BCUT2D eigenvalue weighted by molar-refractivity contribution is 7.99. The monoisotopic (exact) mass is 479 g/mol. The molecule has 1 aliphatic carbocycles. The Hall–Kier alpha value is -2.91. The van der Waals surface area contributed by atoms with Crippen LogP contribution >= 0.6 is 11.8 Å². The van der Waals surface area contributed by atoms with Gasteiger partial charge in [-0.15, -0.1) is 10.2 Å². The first-order valence-electron chi connectivity index (χ1n) is 11.8. The number of para-hydroxylation sites is 1. The first-order chi connectivity index (χ1) is 16.5. The van der Waals surface area contributed by atoms with Crippen LogP contribution in [0.3, 0.4) is 0 Å². The van der Waals surface area contributed by atoms with Gasteiger partial charge in [-0.2, -0.15) is 0 Å². The molecule has 0 aliphatic heterocycles. The Morgan fingerprint density at radius 2 is 2.00 bits per heavy atom. The van der Waals surface area contributed by atoms with Crippen LogP contribution in [0, 0.1) is 13.8 Å². The van der Waals surface area contributed by atoms with Crippen molar-refractivity contribution in [3.05, 3.63) is 57.6 Å². The highest BCUT2D eigenvalue weighted by atomic mass is 32.2. The number of ketones is 1. The van der Waals surface area contributed by atoms with E-state index in [1.54, 1.807) is 4.57 Å². The van der Waals surface area contributed by atoms with Gasteiger partial charge in [-0.25, -0.2) is 0 Å². The van der Waals surface area contributed by atoms with Crippen LogP contribution in [0.1, 0.15) is 54.0 Å². The van der Waals surface area contributed by atoms with Crippen molar-refractivity contribution < 1.29 is 9.53 Å². The number of benzene rings is 1. The number of aryl methyl sites for hydroxylation is 2. The zero-order valence-electron chi connectivity index (χ0n) is 19.8. The normalized spacial score (nSPS) is 13.9. The van der Waals surface area contributed by atoms with E-state index in [4.69, 9.17) is 4.74 Å². The maximum Gasteiger partial charge on any atom is 0.262 e. The van der Waals surface area contributed by atoms with Crippen LogP contribution in [0.15, 0.2) is 40.3 Å². The Morgan fingerprint density at radius 1 is 1.21 bits per heavy atom. The van der Waals surface area contributed by atoms with Crippen molar-refractivity contribution in [3.8, 4) is 0 Å². The molecule has 1 fully saturated rings. The fraction of sp³-hybridized carbons (Fsp3) is 0.440. The molecule has 1 aromatic carbocycles. The second-order valence-corrected chi connectivity index (χ2v) is 9.68. The lowest BCUT2D eigenvalue weighted by molar-refractivity contribution is 0.102. The Bertz CT molecular complexity index is 1430. The van der Waals surface area contributed by atoms with Gasteiger partial charge in [0.05, 0.1) is 16.7 Å². The predicted octanol–water partition coefficient (Wildman–Crippen LogP) is 4.20. The summed E-state index contributed by atoms with van der Waals surface area (Å²) in [6.45, 7) is 7.76. The van der Waals surface area contributed by atoms with Crippen molar-refractivity contribution >= 4 is 34.2 Å². The number of aromatic nitrogens is 5. The molecule has 0 unspecified atom stereocenters. The number of ether oxygens (including phenoxy) is 1. The molecule has 0 amide bonds. The summed E-state index contributed by atoms with van der Waals surface area (Å²) in [4.78, 5) is 26.3. The van der Waals surface area contributed by atoms with Gasteiger partial charge in [0.2, 0.25) is 5.78 Å². The van der Waals surface area contributed by atoms with Crippen molar-refractivity contribution in [2.45, 2.75) is 57.8 Å². The molecule has 5 rings (SSSR count). The van der Waals surface area contributed by atoms with Crippen LogP contribution in [0.4, 0.5) is 0 Å². The van der Waals surface area contributed by atoms with Gasteiger partial charge in [0.15, 0.2) is 10.9 Å². The second kappa shape index (κ2) is 9.38. The molecule has 1 saturated carbocycles. The zero-order chi connectivity index (χ0) is 23.8. The number of fused-ring (bicyclic) bond motifs is 3. The number of carbonyl (C=O) groups excluding carboxylic acids is 1. The Balaban J connectivity index is 1.46. The zero-order valence-corrected chi connectivity index (χ0v) is 20.6. The van der Waals surface area contributed by atoms with E-state index in [-0.39, 0.29) is 17.1 Å². The summed E-state index contributed by atoms with van der Waals surface area (Å²) in [6.07, 6.45) is 3.07. The van der Waals surface area contributed by atoms with Crippen LogP contribution in [-0.4, -0.2) is 48.5 Å². The van der Waals surface area contributed by atoms with Crippen molar-refractivity contribution in [2.75, 3.05) is 19.0 Å². The highest BCUT2D eigenvalue weighted by Gasteiger charge is 2.28. The maximum atomic E-state index is 13.2. The number of Topliss-reactive ketones (excluding diaryl/α,β-unsaturated/α-hetero) is 1. The van der Waals surface area contributed by atoms with E-state index >= 15 is 0 Å². The standard InChI is InChI=1S/C25H29N5O3S/c1-4-33-13-7-12-28-23(32)19-8-5-6-9-21(19)30-24(28)26-27-25(30)34-15-22(31)20-14-16(2)29(17(20)3)18-10-11-18/h5-6,8-9,14,18H,4,7,10-13,15H2,1-3H3. The molecule has 1 aliphatic rings. The van der Waals surface area contributed by atoms with E-state index in [1.807, 2.05) is 48.6 Å². The second-order valence-electron chi connectivity index (χ2n) is 8.74. The fourth-order valence-electron chi connectivity index (χ4n) is 4.66. The summed E-state index contributed by atoms with van der Waals surface area (Å²) in [5.74, 6) is 0.825. The first kappa shape index (κ1) is 22.9. The van der Waals surface area contributed by atoms with E-state index in [2.05, 4.69) is 21.7 Å². The van der Waals surface area contributed by atoms with E-state index in [0.29, 0.717) is 48.5 Å². The molecular formula is C25H29N5O3S. The van der Waals surface area contributed by atoms with Crippen molar-refractivity contribution in [1.82, 2.24) is 23.7 Å². The molecule has 4 aromatic rings. The molecule has 3 heterocycles. The van der Waals surface area contributed by atoms with E-state index in [9.17, 15) is 9.59 Å². The van der Waals surface area contributed by atoms with Gasteiger partial charge in [0, 0.05) is 42.8 Å². The number of rotatable bonds is 10. The van der Waals surface area contributed by atoms with Gasteiger partial charge in [0.1, 0.15) is 0 Å². The SMILES string of the molecule is CCOCCCn1c(=O)c2ccccc2n2c(SCC(=O)c3cc(C)n(C4CC4)c3C)nnc12. The summed E-state index contributed by atoms with van der Waals surface area (Å²) >= 11 is 1.36.